The van der Waals surface area contributed by atoms with E-state index in [1.54, 1.807) is 0 Å². The van der Waals surface area contributed by atoms with Crippen LogP contribution in [-0.4, -0.2) is 32.3 Å². The lowest BCUT2D eigenvalue weighted by Gasteiger charge is -2.28. The number of aliphatic imine (C=N–C) groups is 1. The number of benzene rings is 2. The summed E-state index contributed by atoms with van der Waals surface area (Å²) in [6, 6.07) is 16.7. The van der Waals surface area contributed by atoms with Crippen LogP contribution in [0.1, 0.15) is 18.1 Å². The minimum Gasteiger partial charge on any atom is -0.378 e. The zero-order valence-corrected chi connectivity index (χ0v) is 17.5. The summed E-state index contributed by atoms with van der Waals surface area (Å²) in [6.07, 6.45) is 1.03. The van der Waals surface area contributed by atoms with Crippen LogP contribution in [0.15, 0.2) is 53.5 Å². The van der Waals surface area contributed by atoms with Crippen molar-refractivity contribution in [3.8, 4) is 0 Å². The van der Waals surface area contributed by atoms with Crippen molar-refractivity contribution < 1.29 is 4.74 Å². The Balaban J connectivity index is 0.00000243. The van der Waals surface area contributed by atoms with Crippen LogP contribution in [0.4, 0.5) is 11.4 Å². The minimum absolute atomic E-state index is 0. The molecule has 1 heterocycles. The summed E-state index contributed by atoms with van der Waals surface area (Å²) < 4.78 is 5.39. The van der Waals surface area contributed by atoms with Crippen molar-refractivity contribution in [3.63, 3.8) is 0 Å². The number of aryl methyl sites for hydroxylation is 1. The summed E-state index contributed by atoms with van der Waals surface area (Å²) in [4.78, 5) is 6.76. The first-order chi connectivity index (χ1) is 12.2. The van der Waals surface area contributed by atoms with Crippen LogP contribution in [0.2, 0.25) is 0 Å². The molecule has 26 heavy (non-hydrogen) atoms. The van der Waals surface area contributed by atoms with Gasteiger partial charge in [-0.3, -0.25) is 0 Å². The number of anilines is 2. The van der Waals surface area contributed by atoms with Gasteiger partial charge in [0, 0.05) is 24.5 Å². The van der Waals surface area contributed by atoms with Crippen molar-refractivity contribution in [2.45, 2.75) is 19.9 Å². The average Bonchev–Trinajstić information content (AvgIpc) is 2.68. The Labute approximate surface area is 172 Å². The van der Waals surface area contributed by atoms with E-state index in [0.717, 1.165) is 44.0 Å². The second kappa shape index (κ2) is 10.4. The van der Waals surface area contributed by atoms with E-state index in [-0.39, 0.29) is 24.0 Å². The maximum Gasteiger partial charge on any atom is 0.193 e. The molecule has 2 aromatic rings. The fourth-order valence-corrected chi connectivity index (χ4v) is 2.82. The van der Waals surface area contributed by atoms with Gasteiger partial charge in [-0.2, -0.15) is 0 Å². The number of nitrogens with zero attached hydrogens (tertiary/aromatic N) is 2. The number of nitrogens with one attached hydrogen (secondary N) is 1. The number of guanidine groups is 1. The van der Waals surface area contributed by atoms with E-state index in [9.17, 15) is 0 Å². The zero-order valence-electron chi connectivity index (χ0n) is 15.1. The molecule has 0 aliphatic carbocycles. The number of hydrogen-bond donors (Lipinski definition) is 2. The van der Waals surface area contributed by atoms with Crippen molar-refractivity contribution in [3.05, 3.63) is 59.7 Å². The highest BCUT2D eigenvalue weighted by Crippen LogP contribution is 2.17. The predicted molar refractivity (Wildman–Crippen MR) is 120 cm³/mol. The first-order valence-corrected chi connectivity index (χ1v) is 8.82. The molecule has 5 nitrogen and oxygen atoms in total. The first kappa shape index (κ1) is 20.5. The zero-order chi connectivity index (χ0) is 17.5. The lowest BCUT2D eigenvalue weighted by Crippen LogP contribution is -2.36. The molecule has 3 rings (SSSR count). The van der Waals surface area contributed by atoms with Gasteiger partial charge in [-0.25, -0.2) is 4.99 Å². The Morgan fingerprint density at radius 3 is 2.27 bits per heavy atom. The number of morpholine rings is 1. The van der Waals surface area contributed by atoms with Crippen molar-refractivity contribution in [1.29, 1.82) is 0 Å². The van der Waals surface area contributed by atoms with Gasteiger partial charge >= 0.3 is 0 Å². The van der Waals surface area contributed by atoms with E-state index in [0.29, 0.717) is 12.5 Å². The van der Waals surface area contributed by atoms with Gasteiger partial charge in [0.15, 0.2) is 5.96 Å². The molecule has 1 aliphatic rings. The van der Waals surface area contributed by atoms with Gasteiger partial charge in [-0.05, 0) is 41.8 Å². The molecule has 0 atom stereocenters. The number of ether oxygens (including phenoxy) is 1. The van der Waals surface area contributed by atoms with Crippen molar-refractivity contribution in [2.24, 2.45) is 10.7 Å². The highest BCUT2D eigenvalue weighted by atomic mass is 127. The van der Waals surface area contributed by atoms with Crippen LogP contribution in [0.5, 0.6) is 0 Å². The van der Waals surface area contributed by atoms with Crippen LogP contribution >= 0.6 is 24.0 Å². The van der Waals surface area contributed by atoms with Gasteiger partial charge < -0.3 is 20.7 Å². The Kier molecular flexibility index (Phi) is 8.18. The molecule has 140 valence electrons. The van der Waals surface area contributed by atoms with Crippen LogP contribution in [0.25, 0.3) is 0 Å². The predicted octanol–water partition coefficient (Wildman–Crippen LogP) is 3.63. The van der Waals surface area contributed by atoms with Gasteiger partial charge in [-0.1, -0.05) is 31.2 Å². The molecular weight excluding hydrogens is 439 g/mol. The average molecular weight is 466 g/mol. The van der Waals surface area contributed by atoms with Crippen LogP contribution in [0, 0.1) is 0 Å². The molecule has 0 amide bonds. The molecule has 1 aliphatic heterocycles. The van der Waals surface area contributed by atoms with Gasteiger partial charge in [0.2, 0.25) is 0 Å². The summed E-state index contributed by atoms with van der Waals surface area (Å²) in [5.41, 5.74) is 10.6. The van der Waals surface area contributed by atoms with E-state index >= 15 is 0 Å². The van der Waals surface area contributed by atoms with Crippen LogP contribution < -0.4 is 16.0 Å². The molecule has 3 N–H and O–H groups in total. The lowest BCUT2D eigenvalue weighted by atomic mass is 10.1. The Hall–Kier alpha value is -1.80. The second-order valence-electron chi connectivity index (χ2n) is 6.14. The molecule has 0 bridgehead atoms. The topological polar surface area (TPSA) is 62.9 Å². The molecule has 0 saturated carbocycles. The molecule has 1 saturated heterocycles. The molecule has 1 fully saturated rings. The molecule has 0 radical (unpaired) electrons. The van der Waals surface area contributed by atoms with Gasteiger partial charge in [-0.15, -0.1) is 24.0 Å². The number of nitrogens with two attached hydrogens (primary N) is 1. The maximum atomic E-state index is 5.99. The maximum absolute atomic E-state index is 5.99. The van der Waals surface area contributed by atoms with Gasteiger partial charge in [0.1, 0.15) is 0 Å². The summed E-state index contributed by atoms with van der Waals surface area (Å²) in [5, 5.41) is 3.13. The number of halogens is 1. The fourth-order valence-electron chi connectivity index (χ4n) is 2.82. The largest absolute Gasteiger partial charge is 0.378 e. The number of hydrogen-bond acceptors (Lipinski definition) is 3. The Morgan fingerprint density at radius 1 is 1.04 bits per heavy atom. The van der Waals surface area contributed by atoms with E-state index in [2.05, 4.69) is 58.5 Å². The van der Waals surface area contributed by atoms with E-state index < -0.39 is 0 Å². The SMILES string of the molecule is CCc1ccc(NC(N)=NCc2ccc(N3CCOCC3)cc2)cc1.I. The number of rotatable bonds is 5. The third kappa shape index (κ3) is 5.88. The summed E-state index contributed by atoms with van der Waals surface area (Å²) in [6.45, 7) is 6.20. The lowest BCUT2D eigenvalue weighted by molar-refractivity contribution is 0.122. The second-order valence-corrected chi connectivity index (χ2v) is 6.14. The third-order valence-corrected chi connectivity index (χ3v) is 4.38. The quantitative estimate of drug-likeness (QED) is 0.402. The summed E-state index contributed by atoms with van der Waals surface area (Å²) in [7, 11) is 0. The van der Waals surface area contributed by atoms with E-state index in [1.165, 1.54) is 11.3 Å². The monoisotopic (exact) mass is 466 g/mol. The third-order valence-electron chi connectivity index (χ3n) is 4.38. The van der Waals surface area contributed by atoms with Gasteiger partial charge in [0.05, 0.1) is 19.8 Å². The molecule has 0 unspecified atom stereocenters. The van der Waals surface area contributed by atoms with Crippen LogP contribution in [0.3, 0.4) is 0 Å². The van der Waals surface area contributed by atoms with E-state index in [4.69, 9.17) is 10.5 Å². The van der Waals surface area contributed by atoms with Gasteiger partial charge in [0.25, 0.3) is 0 Å². The smallest absolute Gasteiger partial charge is 0.193 e. The molecule has 0 aromatic heterocycles. The Bertz CT molecular complexity index is 695. The van der Waals surface area contributed by atoms with Crippen molar-refractivity contribution >= 4 is 41.3 Å². The minimum atomic E-state index is 0. The standard InChI is InChI=1S/C20H26N4O.HI/c1-2-16-3-7-18(8-4-16)23-20(21)22-15-17-5-9-19(10-6-17)24-11-13-25-14-12-24;/h3-10H,2,11-15H2,1H3,(H3,21,22,23);1H. The summed E-state index contributed by atoms with van der Waals surface area (Å²) >= 11 is 0. The summed E-state index contributed by atoms with van der Waals surface area (Å²) in [5.74, 6) is 0.432. The van der Waals surface area contributed by atoms with E-state index in [1.807, 2.05) is 12.1 Å². The van der Waals surface area contributed by atoms with Crippen LogP contribution in [-0.2, 0) is 17.7 Å². The molecule has 2 aromatic carbocycles. The highest BCUT2D eigenvalue weighted by Gasteiger charge is 2.10. The van der Waals surface area contributed by atoms with Crippen molar-refractivity contribution in [1.82, 2.24) is 0 Å². The first-order valence-electron chi connectivity index (χ1n) is 8.82. The fraction of sp³-hybridized carbons (Fsp3) is 0.350. The molecular formula is C20H27IN4O. The Morgan fingerprint density at radius 2 is 1.65 bits per heavy atom. The van der Waals surface area contributed by atoms with Crippen molar-refractivity contribution in [2.75, 3.05) is 36.5 Å². The normalized spacial score (nSPS) is 14.7. The molecule has 6 heteroatoms. The molecule has 0 spiro atoms. The highest BCUT2D eigenvalue weighted by molar-refractivity contribution is 14.0.